The summed E-state index contributed by atoms with van der Waals surface area (Å²) in [7, 11) is 0. The van der Waals surface area contributed by atoms with Crippen molar-refractivity contribution in [1.82, 2.24) is 15.5 Å². The predicted molar refractivity (Wildman–Crippen MR) is 73.0 cm³/mol. The van der Waals surface area contributed by atoms with Gasteiger partial charge in [-0.2, -0.15) is 4.98 Å². The molecule has 1 aromatic carbocycles. The Labute approximate surface area is 119 Å². The van der Waals surface area contributed by atoms with Crippen molar-refractivity contribution < 1.29 is 9.26 Å². The van der Waals surface area contributed by atoms with Gasteiger partial charge < -0.3 is 14.6 Å². The Kier molecular flexibility index (Phi) is 3.52. The maximum absolute atomic E-state index is 5.86. The topological polar surface area (TPSA) is 60.2 Å². The first-order valence-electron chi connectivity index (χ1n) is 6.16. The molecule has 1 unspecified atom stereocenters. The van der Waals surface area contributed by atoms with Crippen LogP contribution in [0.25, 0.3) is 0 Å². The van der Waals surface area contributed by atoms with Crippen molar-refractivity contribution in [2.45, 2.75) is 26.0 Å². The summed E-state index contributed by atoms with van der Waals surface area (Å²) in [6, 6.07) is 6.10. The Morgan fingerprint density at radius 2 is 2.37 bits per heavy atom. The zero-order valence-corrected chi connectivity index (χ0v) is 12.1. The van der Waals surface area contributed by atoms with Crippen LogP contribution in [0.15, 0.2) is 27.2 Å². The van der Waals surface area contributed by atoms with Gasteiger partial charge in [-0.15, -0.1) is 0 Å². The minimum atomic E-state index is 0.160. The standard InChI is InChI=1S/C13H14BrN3O2/c1-8-16-13(19-17-8)7-15-6-11-5-9-4-10(14)2-3-12(9)18-11/h2-4,11,15H,5-7H2,1H3. The smallest absolute Gasteiger partial charge is 0.240 e. The van der Waals surface area contributed by atoms with E-state index in [1.165, 1.54) is 5.56 Å². The van der Waals surface area contributed by atoms with Gasteiger partial charge >= 0.3 is 0 Å². The number of benzene rings is 1. The van der Waals surface area contributed by atoms with Crippen LogP contribution in [0.1, 0.15) is 17.3 Å². The van der Waals surface area contributed by atoms with E-state index in [0.29, 0.717) is 18.3 Å². The summed E-state index contributed by atoms with van der Waals surface area (Å²) >= 11 is 3.47. The van der Waals surface area contributed by atoms with Crippen molar-refractivity contribution in [1.29, 1.82) is 0 Å². The van der Waals surface area contributed by atoms with Gasteiger partial charge in [-0.25, -0.2) is 0 Å². The number of nitrogens with zero attached hydrogens (tertiary/aromatic N) is 2. The summed E-state index contributed by atoms with van der Waals surface area (Å²) in [6.07, 6.45) is 1.08. The number of rotatable bonds is 4. The lowest BCUT2D eigenvalue weighted by Gasteiger charge is -2.10. The third-order valence-electron chi connectivity index (χ3n) is 2.98. The van der Waals surface area contributed by atoms with Crippen LogP contribution in [-0.2, 0) is 13.0 Å². The molecule has 6 heteroatoms. The van der Waals surface area contributed by atoms with Crippen LogP contribution in [0.4, 0.5) is 0 Å². The van der Waals surface area contributed by atoms with E-state index in [2.05, 4.69) is 37.5 Å². The number of halogens is 1. The number of aryl methyl sites for hydroxylation is 1. The van der Waals surface area contributed by atoms with Crippen LogP contribution in [0.5, 0.6) is 5.75 Å². The van der Waals surface area contributed by atoms with Crippen LogP contribution < -0.4 is 10.1 Å². The van der Waals surface area contributed by atoms with E-state index >= 15 is 0 Å². The second-order valence-electron chi connectivity index (χ2n) is 4.56. The molecule has 19 heavy (non-hydrogen) atoms. The number of ether oxygens (including phenoxy) is 1. The molecule has 2 heterocycles. The number of fused-ring (bicyclic) bond motifs is 1. The molecule has 0 radical (unpaired) electrons. The lowest BCUT2D eigenvalue weighted by atomic mass is 10.1. The minimum absolute atomic E-state index is 0.160. The van der Waals surface area contributed by atoms with Crippen molar-refractivity contribution in [3.05, 3.63) is 40.0 Å². The van der Waals surface area contributed by atoms with Gasteiger partial charge in [0.15, 0.2) is 5.82 Å². The van der Waals surface area contributed by atoms with Crippen LogP contribution in [-0.4, -0.2) is 22.8 Å². The number of hydrogen-bond donors (Lipinski definition) is 1. The molecule has 1 aromatic heterocycles. The fourth-order valence-corrected chi connectivity index (χ4v) is 2.56. The summed E-state index contributed by atoms with van der Waals surface area (Å²) in [6.45, 7) is 3.13. The quantitative estimate of drug-likeness (QED) is 0.935. The van der Waals surface area contributed by atoms with Gasteiger partial charge in [-0.1, -0.05) is 21.1 Å². The highest BCUT2D eigenvalue weighted by molar-refractivity contribution is 9.10. The SMILES string of the molecule is Cc1noc(CNCC2Cc3cc(Br)ccc3O2)n1. The molecule has 0 saturated carbocycles. The molecule has 0 saturated heterocycles. The maximum atomic E-state index is 5.86. The van der Waals surface area contributed by atoms with Gasteiger partial charge in [-0.3, -0.25) is 0 Å². The van der Waals surface area contributed by atoms with E-state index in [9.17, 15) is 0 Å². The highest BCUT2D eigenvalue weighted by atomic mass is 79.9. The summed E-state index contributed by atoms with van der Waals surface area (Å²) in [4.78, 5) is 4.14. The highest BCUT2D eigenvalue weighted by Gasteiger charge is 2.22. The molecule has 1 aliphatic rings. The van der Waals surface area contributed by atoms with Gasteiger partial charge in [0.2, 0.25) is 5.89 Å². The molecule has 0 spiro atoms. The van der Waals surface area contributed by atoms with Crippen LogP contribution in [0.3, 0.4) is 0 Å². The molecule has 0 fully saturated rings. The largest absolute Gasteiger partial charge is 0.488 e. The Balaban J connectivity index is 1.51. The summed E-state index contributed by atoms with van der Waals surface area (Å²) in [5.41, 5.74) is 1.25. The average molecular weight is 324 g/mol. The van der Waals surface area contributed by atoms with E-state index < -0.39 is 0 Å². The Bertz CT molecular complexity index is 585. The van der Waals surface area contributed by atoms with E-state index in [4.69, 9.17) is 9.26 Å². The van der Waals surface area contributed by atoms with E-state index in [1.807, 2.05) is 19.1 Å². The lowest BCUT2D eigenvalue weighted by Crippen LogP contribution is -2.29. The third-order valence-corrected chi connectivity index (χ3v) is 3.47. The molecule has 1 aliphatic heterocycles. The monoisotopic (exact) mass is 323 g/mol. The molecule has 0 aliphatic carbocycles. The highest BCUT2D eigenvalue weighted by Crippen LogP contribution is 2.30. The van der Waals surface area contributed by atoms with Crippen molar-refractivity contribution in [2.24, 2.45) is 0 Å². The predicted octanol–water partition coefficient (Wildman–Crippen LogP) is 2.23. The second-order valence-corrected chi connectivity index (χ2v) is 5.48. The maximum Gasteiger partial charge on any atom is 0.240 e. The molecule has 0 amide bonds. The Hall–Kier alpha value is -1.40. The van der Waals surface area contributed by atoms with Gasteiger partial charge in [0.25, 0.3) is 0 Å². The van der Waals surface area contributed by atoms with Crippen LogP contribution >= 0.6 is 15.9 Å². The molecule has 5 nitrogen and oxygen atoms in total. The molecule has 3 rings (SSSR count). The first-order valence-corrected chi connectivity index (χ1v) is 6.95. The molecular weight excluding hydrogens is 310 g/mol. The third kappa shape index (κ3) is 2.96. The van der Waals surface area contributed by atoms with Gasteiger partial charge in [0.1, 0.15) is 11.9 Å². The normalized spacial score (nSPS) is 17.3. The van der Waals surface area contributed by atoms with Gasteiger partial charge in [0, 0.05) is 17.4 Å². The van der Waals surface area contributed by atoms with Crippen molar-refractivity contribution >= 4 is 15.9 Å². The Morgan fingerprint density at radius 3 is 3.16 bits per heavy atom. The van der Waals surface area contributed by atoms with Crippen molar-refractivity contribution in [3.63, 3.8) is 0 Å². The number of aromatic nitrogens is 2. The van der Waals surface area contributed by atoms with E-state index in [1.54, 1.807) is 0 Å². The Morgan fingerprint density at radius 1 is 1.47 bits per heavy atom. The van der Waals surface area contributed by atoms with Crippen molar-refractivity contribution in [2.75, 3.05) is 6.54 Å². The first kappa shape index (κ1) is 12.6. The zero-order valence-electron chi connectivity index (χ0n) is 10.5. The lowest BCUT2D eigenvalue weighted by molar-refractivity contribution is 0.224. The van der Waals surface area contributed by atoms with E-state index in [0.717, 1.165) is 23.2 Å². The van der Waals surface area contributed by atoms with Gasteiger partial charge in [0.05, 0.1) is 6.54 Å². The summed E-state index contributed by atoms with van der Waals surface area (Å²) < 4.78 is 12.0. The summed E-state index contributed by atoms with van der Waals surface area (Å²) in [5, 5.41) is 7.02. The first-order chi connectivity index (χ1) is 9.20. The number of hydrogen-bond acceptors (Lipinski definition) is 5. The molecule has 2 aromatic rings. The zero-order chi connectivity index (χ0) is 13.2. The molecule has 1 atom stereocenters. The van der Waals surface area contributed by atoms with Crippen LogP contribution in [0.2, 0.25) is 0 Å². The minimum Gasteiger partial charge on any atom is -0.488 e. The molecule has 0 bridgehead atoms. The molecule has 100 valence electrons. The molecule has 1 N–H and O–H groups in total. The van der Waals surface area contributed by atoms with E-state index in [-0.39, 0.29) is 6.10 Å². The fraction of sp³-hybridized carbons (Fsp3) is 0.385. The van der Waals surface area contributed by atoms with Crippen LogP contribution in [0, 0.1) is 6.92 Å². The van der Waals surface area contributed by atoms with Crippen molar-refractivity contribution in [3.8, 4) is 5.75 Å². The average Bonchev–Trinajstić information content (AvgIpc) is 2.95. The molecular formula is C13H14BrN3O2. The number of nitrogens with one attached hydrogen (secondary N) is 1. The van der Waals surface area contributed by atoms with Gasteiger partial charge in [-0.05, 0) is 30.7 Å². The summed E-state index contributed by atoms with van der Waals surface area (Å²) in [5.74, 6) is 2.24. The second kappa shape index (κ2) is 5.30. The fourth-order valence-electron chi connectivity index (χ4n) is 2.15.